The van der Waals surface area contributed by atoms with Gasteiger partial charge in [-0.1, -0.05) is 42.2 Å². The quantitative estimate of drug-likeness (QED) is 0.618. The molecule has 0 radical (unpaired) electrons. The molecule has 0 atom stereocenters. The van der Waals surface area contributed by atoms with Gasteiger partial charge < -0.3 is 5.32 Å². The Morgan fingerprint density at radius 3 is 2.30 bits per heavy atom. The minimum atomic E-state index is -3.75. The zero-order chi connectivity index (χ0) is 21.6. The van der Waals surface area contributed by atoms with E-state index in [1.165, 1.54) is 24.3 Å². The Balaban J connectivity index is 1.64. The van der Waals surface area contributed by atoms with Gasteiger partial charge in [-0.05, 0) is 67.4 Å². The number of aryl methyl sites for hydroxylation is 1. The van der Waals surface area contributed by atoms with Gasteiger partial charge in [0.2, 0.25) is 0 Å². The Hall–Kier alpha value is -3.56. The number of nitrogens with one attached hydrogen (secondary N) is 2. The molecule has 0 aliphatic carbocycles. The van der Waals surface area contributed by atoms with Crippen LogP contribution in [0.1, 0.15) is 27.0 Å². The fourth-order valence-corrected chi connectivity index (χ4v) is 3.87. The summed E-state index contributed by atoms with van der Waals surface area (Å²) >= 11 is 0. The van der Waals surface area contributed by atoms with Crippen LogP contribution < -0.4 is 10.0 Å². The Morgan fingerprint density at radius 2 is 1.60 bits per heavy atom. The standard InChI is InChI=1S/C24H22N2O3S/c1-18-8-6-12-23(19(18)2)26-30(28,29)22-15-13-21(14-16-22)24(27)25-17-7-11-20-9-4-3-5-10-20/h3-6,8-10,12-16,26H,17H2,1-2H3,(H,25,27). The van der Waals surface area contributed by atoms with Gasteiger partial charge in [-0.15, -0.1) is 0 Å². The number of sulfonamides is 1. The largest absolute Gasteiger partial charge is 0.341 e. The molecule has 0 aliphatic rings. The van der Waals surface area contributed by atoms with Crippen molar-refractivity contribution in [3.8, 4) is 11.8 Å². The van der Waals surface area contributed by atoms with Gasteiger partial charge in [-0.25, -0.2) is 8.42 Å². The highest BCUT2D eigenvalue weighted by atomic mass is 32.2. The minimum absolute atomic E-state index is 0.0869. The summed E-state index contributed by atoms with van der Waals surface area (Å²) in [5, 5.41) is 2.70. The molecule has 0 saturated carbocycles. The van der Waals surface area contributed by atoms with Gasteiger partial charge in [0.25, 0.3) is 15.9 Å². The van der Waals surface area contributed by atoms with Gasteiger partial charge in [-0.2, -0.15) is 0 Å². The predicted molar refractivity (Wildman–Crippen MR) is 119 cm³/mol. The molecule has 3 aromatic rings. The zero-order valence-corrected chi connectivity index (χ0v) is 17.6. The number of hydrogen-bond donors (Lipinski definition) is 2. The van der Waals surface area contributed by atoms with Crippen molar-refractivity contribution in [1.29, 1.82) is 0 Å². The smallest absolute Gasteiger partial charge is 0.261 e. The summed E-state index contributed by atoms with van der Waals surface area (Å²) in [6, 6.07) is 20.7. The third-order valence-electron chi connectivity index (χ3n) is 4.62. The van der Waals surface area contributed by atoms with Crippen LogP contribution in [-0.2, 0) is 10.0 Å². The zero-order valence-electron chi connectivity index (χ0n) is 16.8. The lowest BCUT2D eigenvalue weighted by molar-refractivity contribution is 0.0958. The summed E-state index contributed by atoms with van der Waals surface area (Å²) < 4.78 is 27.9. The van der Waals surface area contributed by atoms with E-state index in [0.29, 0.717) is 11.3 Å². The Morgan fingerprint density at radius 1 is 0.900 bits per heavy atom. The van der Waals surface area contributed by atoms with Gasteiger partial charge in [0.15, 0.2) is 0 Å². The maximum Gasteiger partial charge on any atom is 0.261 e. The van der Waals surface area contributed by atoms with Crippen LogP contribution >= 0.6 is 0 Å². The molecular weight excluding hydrogens is 396 g/mol. The molecule has 0 saturated heterocycles. The number of hydrogen-bond acceptors (Lipinski definition) is 3. The normalized spacial score (nSPS) is 10.6. The number of carbonyl (C=O) groups excluding carboxylic acids is 1. The molecule has 5 nitrogen and oxygen atoms in total. The molecule has 0 spiro atoms. The summed E-state index contributed by atoms with van der Waals surface area (Å²) in [7, 11) is -3.75. The topological polar surface area (TPSA) is 75.3 Å². The molecule has 0 bridgehead atoms. The number of benzene rings is 3. The molecule has 0 fully saturated rings. The first-order chi connectivity index (χ1) is 14.4. The van der Waals surface area contributed by atoms with Crippen molar-refractivity contribution in [2.75, 3.05) is 11.3 Å². The van der Waals surface area contributed by atoms with E-state index >= 15 is 0 Å². The van der Waals surface area contributed by atoms with Gasteiger partial charge >= 0.3 is 0 Å². The lowest BCUT2D eigenvalue weighted by Crippen LogP contribution is -2.23. The van der Waals surface area contributed by atoms with Crippen molar-refractivity contribution in [3.63, 3.8) is 0 Å². The van der Waals surface area contributed by atoms with Crippen molar-refractivity contribution in [3.05, 3.63) is 95.1 Å². The number of amides is 1. The molecular formula is C24H22N2O3S. The van der Waals surface area contributed by atoms with Crippen molar-refractivity contribution in [1.82, 2.24) is 5.32 Å². The molecule has 0 aromatic heterocycles. The van der Waals surface area contributed by atoms with Crippen molar-refractivity contribution < 1.29 is 13.2 Å². The molecule has 1 amide bonds. The third-order valence-corrected chi connectivity index (χ3v) is 6.00. The molecule has 6 heteroatoms. The summed E-state index contributed by atoms with van der Waals surface area (Å²) in [6.45, 7) is 3.98. The van der Waals surface area contributed by atoms with Crippen molar-refractivity contribution in [2.45, 2.75) is 18.7 Å². The fourth-order valence-electron chi connectivity index (χ4n) is 2.75. The van der Waals surface area contributed by atoms with E-state index in [1.807, 2.05) is 50.2 Å². The van der Waals surface area contributed by atoms with Gasteiger partial charge in [0, 0.05) is 11.1 Å². The summed E-state index contributed by atoms with van der Waals surface area (Å²) in [6.07, 6.45) is 0. The van der Waals surface area contributed by atoms with Gasteiger partial charge in [-0.3, -0.25) is 9.52 Å². The number of rotatable bonds is 5. The predicted octanol–water partition coefficient (Wildman–Crippen LogP) is 3.89. The molecule has 0 heterocycles. The second-order valence-electron chi connectivity index (χ2n) is 6.73. The first-order valence-corrected chi connectivity index (χ1v) is 10.9. The second kappa shape index (κ2) is 9.29. The van der Waals surface area contributed by atoms with Gasteiger partial charge in [0.05, 0.1) is 17.1 Å². The molecule has 30 heavy (non-hydrogen) atoms. The van der Waals surface area contributed by atoms with Crippen LogP contribution in [-0.4, -0.2) is 20.9 Å². The van der Waals surface area contributed by atoms with Crippen LogP contribution in [0, 0.1) is 25.7 Å². The molecule has 152 valence electrons. The van der Waals surface area contributed by atoms with Crippen molar-refractivity contribution >= 4 is 21.6 Å². The van der Waals surface area contributed by atoms with Crippen LogP contribution in [0.2, 0.25) is 0 Å². The average Bonchev–Trinajstić information content (AvgIpc) is 2.75. The molecule has 3 aromatic carbocycles. The summed E-state index contributed by atoms with van der Waals surface area (Å²) in [5.74, 6) is 5.53. The van der Waals surface area contributed by atoms with Crippen molar-refractivity contribution in [2.24, 2.45) is 0 Å². The molecule has 0 unspecified atom stereocenters. The lowest BCUT2D eigenvalue weighted by Gasteiger charge is -2.12. The van der Waals surface area contributed by atoms with Crippen LogP contribution in [0.4, 0.5) is 5.69 Å². The first-order valence-electron chi connectivity index (χ1n) is 9.38. The number of anilines is 1. The minimum Gasteiger partial charge on any atom is -0.341 e. The monoisotopic (exact) mass is 418 g/mol. The Labute approximate surface area is 177 Å². The maximum atomic E-state index is 12.7. The fraction of sp³-hybridized carbons (Fsp3) is 0.125. The lowest BCUT2D eigenvalue weighted by atomic mass is 10.1. The van der Waals surface area contributed by atoms with E-state index in [9.17, 15) is 13.2 Å². The average molecular weight is 419 g/mol. The highest BCUT2D eigenvalue weighted by molar-refractivity contribution is 7.92. The van der Waals surface area contributed by atoms with Gasteiger partial charge in [0.1, 0.15) is 0 Å². The third kappa shape index (κ3) is 5.28. The Kier molecular flexibility index (Phi) is 6.55. The first kappa shape index (κ1) is 21.2. The SMILES string of the molecule is Cc1cccc(NS(=O)(=O)c2ccc(C(=O)NCC#Cc3ccccc3)cc2)c1C. The molecule has 0 aliphatic heterocycles. The van der Waals surface area contributed by atoms with E-state index in [2.05, 4.69) is 21.9 Å². The van der Waals surface area contributed by atoms with E-state index < -0.39 is 10.0 Å². The van der Waals surface area contributed by atoms with Crippen LogP contribution in [0.25, 0.3) is 0 Å². The van der Waals surface area contributed by atoms with E-state index in [-0.39, 0.29) is 17.3 Å². The molecule has 2 N–H and O–H groups in total. The molecule has 3 rings (SSSR count). The van der Waals surface area contributed by atoms with Crippen LogP contribution in [0.15, 0.2) is 77.7 Å². The number of carbonyl (C=O) groups is 1. The van der Waals surface area contributed by atoms with Crippen LogP contribution in [0.5, 0.6) is 0 Å². The maximum absolute atomic E-state index is 12.7. The van der Waals surface area contributed by atoms with E-state index in [0.717, 1.165) is 16.7 Å². The summed E-state index contributed by atoms with van der Waals surface area (Å²) in [5.41, 5.74) is 3.64. The second-order valence-corrected chi connectivity index (χ2v) is 8.41. The van der Waals surface area contributed by atoms with Crippen LogP contribution in [0.3, 0.4) is 0 Å². The highest BCUT2D eigenvalue weighted by Gasteiger charge is 2.16. The Bertz CT molecular complexity index is 1210. The summed E-state index contributed by atoms with van der Waals surface area (Å²) in [4.78, 5) is 12.3. The highest BCUT2D eigenvalue weighted by Crippen LogP contribution is 2.22. The van der Waals surface area contributed by atoms with E-state index in [4.69, 9.17) is 0 Å². The van der Waals surface area contributed by atoms with E-state index in [1.54, 1.807) is 12.1 Å².